The van der Waals surface area contributed by atoms with Crippen LogP contribution in [0.1, 0.15) is 59.4 Å². The van der Waals surface area contributed by atoms with Crippen LogP contribution >= 0.6 is 23.4 Å². The van der Waals surface area contributed by atoms with E-state index >= 15 is 0 Å². The van der Waals surface area contributed by atoms with Crippen LogP contribution in [0.5, 0.6) is 0 Å². The summed E-state index contributed by atoms with van der Waals surface area (Å²) in [5.41, 5.74) is 3.99. The summed E-state index contributed by atoms with van der Waals surface area (Å²) >= 11 is 7.52. The van der Waals surface area contributed by atoms with E-state index < -0.39 is 0 Å². The van der Waals surface area contributed by atoms with Crippen molar-refractivity contribution in [3.63, 3.8) is 0 Å². The van der Waals surface area contributed by atoms with Crippen LogP contribution in [0, 0.1) is 13.8 Å². The van der Waals surface area contributed by atoms with Gasteiger partial charge in [0.2, 0.25) is 0 Å². The van der Waals surface area contributed by atoms with Gasteiger partial charge in [-0.05, 0) is 78.0 Å². The van der Waals surface area contributed by atoms with E-state index in [9.17, 15) is 4.79 Å². The summed E-state index contributed by atoms with van der Waals surface area (Å²) < 4.78 is 4.33. The van der Waals surface area contributed by atoms with E-state index in [1.54, 1.807) is 0 Å². The molecule has 6 nitrogen and oxygen atoms in total. The number of Topliss-reactive ketones (excluding diaryl/α,β-unsaturated/α-hetero) is 1. The molecule has 0 spiro atoms. The largest absolute Gasteiger partial charge is 0.345 e. The second-order valence-corrected chi connectivity index (χ2v) is 9.77. The fourth-order valence-corrected chi connectivity index (χ4v) is 4.84. The second kappa shape index (κ2) is 8.81. The fraction of sp³-hybridized carbons (Fsp3) is 0.435. The van der Waals surface area contributed by atoms with Crippen molar-refractivity contribution in [1.29, 1.82) is 0 Å². The zero-order valence-corrected chi connectivity index (χ0v) is 20.2. The van der Waals surface area contributed by atoms with Crippen LogP contribution < -0.4 is 0 Å². The van der Waals surface area contributed by atoms with Gasteiger partial charge in [0.1, 0.15) is 0 Å². The molecule has 1 aliphatic carbocycles. The molecule has 164 valence electrons. The van der Waals surface area contributed by atoms with E-state index in [1.165, 1.54) is 30.3 Å². The maximum Gasteiger partial charge on any atom is 0.196 e. The van der Waals surface area contributed by atoms with Crippen molar-refractivity contribution in [1.82, 2.24) is 24.2 Å². The number of carbonyl (C=O) groups is 1. The smallest absolute Gasteiger partial charge is 0.196 e. The number of rotatable bonds is 8. The van der Waals surface area contributed by atoms with Crippen molar-refractivity contribution < 1.29 is 4.79 Å². The minimum Gasteiger partial charge on any atom is -0.345 e. The van der Waals surface area contributed by atoms with Crippen molar-refractivity contribution in [3.8, 4) is 5.69 Å². The first-order valence-electron chi connectivity index (χ1n) is 10.5. The average Bonchev–Trinajstić information content (AvgIpc) is 3.40. The highest BCUT2D eigenvalue weighted by Crippen LogP contribution is 2.38. The Balaban J connectivity index is 1.60. The highest BCUT2D eigenvalue weighted by molar-refractivity contribution is 7.99. The van der Waals surface area contributed by atoms with Gasteiger partial charge in [-0.15, -0.1) is 10.2 Å². The highest BCUT2D eigenvalue weighted by atomic mass is 35.5. The first kappa shape index (κ1) is 22.1. The van der Waals surface area contributed by atoms with Gasteiger partial charge in [-0.2, -0.15) is 0 Å². The Labute approximate surface area is 192 Å². The van der Waals surface area contributed by atoms with Gasteiger partial charge in [0.05, 0.1) is 11.8 Å². The Morgan fingerprint density at radius 1 is 1.23 bits per heavy atom. The minimum absolute atomic E-state index is 0.0608. The second-order valence-electron chi connectivity index (χ2n) is 8.39. The summed E-state index contributed by atoms with van der Waals surface area (Å²) in [5, 5.41) is 10.3. The number of hydrogen-bond donors (Lipinski definition) is 0. The zero-order valence-electron chi connectivity index (χ0n) is 18.6. The van der Waals surface area contributed by atoms with Crippen LogP contribution in [-0.2, 0) is 0 Å². The number of aromatic nitrogens is 4. The summed E-state index contributed by atoms with van der Waals surface area (Å²) in [7, 11) is 4.02. The molecule has 4 rings (SSSR count). The molecular formula is C23H28ClN5OS. The predicted octanol–water partition coefficient (Wildman–Crippen LogP) is 5.27. The lowest BCUT2D eigenvalue weighted by molar-refractivity contribution is 0.102. The molecular weight excluding hydrogens is 430 g/mol. The molecule has 2 aromatic heterocycles. The lowest BCUT2D eigenvalue weighted by Gasteiger charge is -2.20. The molecule has 3 aromatic rings. The van der Waals surface area contributed by atoms with E-state index in [-0.39, 0.29) is 11.8 Å². The van der Waals surface area contributed by atoms with E-state index in [2.05, 4.69) is 40.4 Å². The molecule has 0 bridgehead atoms. The highest BCUT2D eigenvalue weighted by Gasteiger charge is 2.28. The van der Waals surface area contributed by atoms with Crippen molar-refractivity contribution >= 4 is 29.1 Å². The van der Waals surface area contributed by atoms with Crippen molar-refractivity contribution in [2.75, 3.05) is 19.8 Å². The van der Waals surface area contributed by atoms with Crippen molar-refractivity contribution in [2.24, 2.45) is 0 Å². The van der Waals surface area contributed by atoms with Crippen molar-refractivity contribution in [3.05, 3.63) is 58.1 Å². The number of carbonyl (C=O) groups excluding carboxylic acids is 1. The Bertz CT molecular complexity index is 1100. The summed E-state index contributed by atoms with van der Waals surface area (Å²) in [4.78, 5) is 15.2. The number of hydrogen-bond acceptors (Lipinski definition) is 5. The number of nitrogens with zero attached hydrogens (tertiary/aromatic N) is 5. The molecule has 0 N–H and O–H groups in total. The average molecular weight is 458 g/mol. The Kier molecular flexibility index (Phi) is 6.28. The molecule has 2 heterocycles. The molecule has 1 saturated carbocycles. The van der Waals surface area contributed by atoms with Crippen LogP contribution in [0.4, 0.5) is 0 Å². The molecule has 1 unspecified atom stereocenters. The van der Waals surface area contributed by atoms with Gasteiger partial charge >= 0.3 is 0 Å². The third kappa shape index (κ3) is 4.45. The number of thioether (sulfide) groups is 1. The predicted molar refractivity (Wildman–Crippen MR) is 126 cm³/mol. The standard InChI is InChI=1S/C23H28ClN5OS/c1-14-12-20(15(2)28(14)18-10-11-18)21(30)13-31-23-26-25-22(16(3)27(4)5)29(23)19-8-6-17(24)7-9-19/h6-9,12,16,18H,10-11,13H2,1-5H3. The Morgan fingerprint density at radius 2 is 1.90 bits per heavy atom. The monoisotopic (exact) mass is 457 g/mol. The van der Waals surface area contributed by atoms with Gasteiger partial charge in [-0.25, -0.2) is 0 Å². The topological polar surface area (TPSA) is 56.0 Å². The van der Waals surface area contributed by atoms with Gasteiger partial charge < -0.3 is 4.57 Å². The molecule has 8 heteroatoms. The summed E-state index contributed by atoms with van der Waals surface area (Å²) in [6, 6.07) is 10.3. The normalized spacial score (nSPS) is 14.9. The molecule has 1 aromatic carbocycles. The number of ketones is 1. The van der Waals surface area contributed by atoms with Crippen molar-refractivity contribution in [2.45, 2.75) is 50.9 Å². The molecule has 0 aliphatic heterocycles. The van der Waals surface area contributed by atoms with Gasteiger partial charge in [-0.3, -0.25) is 14.3 Å². The van der Waals surface area contributed by atoms with E-state index in [1.807, 2.05) is 49.0 Å². The Hall–Kier alpha value is -2.09. The van der Waals surface area contributed by atoms with E-state index in [4.69, 9.17) is 11.6 Å². The maximum absolute atomic E-state index is 13.1. The summed E-state index contributed by atoms with van der Waals surface area (Å²) in [6.07, 6.45) is 2.41. The third-order valence-corrected chi connectivity index (χ3v) is 7.10. The number of benzene rings is 1. The molecule has 31 heavy (non-hydrogen) atoms. The first-order chi connectivity index (χ1) is 14.8. The summed E-state index contributed by atoms with van der Waals surface area (Å²) in [6.45, 7) is 6.22. The third-order valence-electron chi connectivity index (χ3n) is 5.92. The van der Waals surface area contributed by atoms with Crippen LogP contribution in [0.25, 0.3) is 5.69 Å². The molecule has 1 atom stereocenters. The minimum atomic E-state index is 0.0608. The molecule has 0 radical (unpaired) electrons. The summed E-state index contributed by atoms with van der Waals surface area (Å²) in [5.74, 6) is 1.27. The van der Waals surface area contributed by atoms with Crippen LogP contribution in [0.15, 0.2) is 35.5 Å². The molecule has 0 saturated heterocycles. The lowest BCUT2D eigenvalue weighted by Crippen LogP contribution is -2.20. The van der Waals surface area contributed by atoms with Crippen LogP contribution in [0.3, 0.4) is 0 Å². The van der Waals surface area contributed by atoms with Gasteiger partial charge in [-0.1, -0.05) is 23.4 Å². The first-order valence-corrected chi connectivity index (χ1v) is 11.9. The number of halogens is 1. The van der Waals surface area contributed by atoms with Crippen LogP contribution in [-0.4, -0.2) is 49.9 Å². The zero-order chi connectivity index (χ0) is 22.3. The van der Waals surface area contributed by atoms with Gasteiger partial charge in [0.25, 0.3) is 0 Å². The maximum atomic E-state index is 13.1. The fourth-order valence-electron chi connectivity index (χ4n) is 3.87. The lowest BCUT2D eigenvalue weighted by atomic mass is 10.2. The van der Waals surface area contributed by atoms with Gasteiger partial charge in [0.15, 0.2) is 16.8 Å². The van der Waals surface area contributed by atoms with Crippen LogP contribution in [0.2, 0.25) is 5.02 Å². The molecule has 1 aliphatic rings. The molecule has 1 fully saturated rings. The Morgan fingerprint density at radius 3 is 2.52 bits per heavy atom. The van der Waals surface area contributed by atoms with Gasteiger partial charge in [0, 0.05) is 33.7 Å². The SMILES string of the molecule is Cc1cc(C(=O)CSc2nnc(C(C)N(C)C)n2-c2ccc(Cl)cc2)c(C)n1C1CC1. The quantitative estimate of drug-likeness (QED) is 0.340. The number of aryl methyl sites for hydroxylation is 1. The van der Waals surface area contributed by atoms with E-state index in [0.717, 1.165) is 22.8 Å². The van der Waals surface area contributed by atoms with E-state index in [0.29, 0.717) is 22.0 Å². The molecule has 0 amide bonds.